The summed E-state index contributed by atoms with van der Waals surface area (Å²) >= 11 is 1.46. The highest BCUT2D eigenvalue weighted by Crippen LogP contribution is 2.39. The summed E-state index contributed by atoms with van der Waals surface area (Å²) in [4.78, 5) is 14.2. The lowest BCUT2D eigenvalue weighted by Gasteiger charge is -2.23. The number of benzene rings is 2. The Morgan fingerprint density at radius 3 is 2.55 bits per heavy atom. The molecule has 164 valence electrons. The fraction of sp³-hybridized carbons (Fsp3) is 0.400. The molecule has 6 heteroatoms. The zero-order valence-electron chi connectivity index (χ0n) is 18.2. The third kappa shape index (κ3) is 4.86. The van der Waals surface area contributed by atoms with E-state index in [1.165, 1.54) is 49.2 Å². The van der Waals surface area contributed by atoms with Crippen LogP contribution in [0.15, 0.2) is 53.3 Å². The fourth-order valence-electron chi connectivity index (χ4n) is 4.29. The van der Waals surface area contributed by atoms with Crippen LogP contribution in [0.25, 0.3) is 10.4 Å². The first-order valence-electron chi connectivity index (χ1n) is 10.9. The lowest BCUT2D eigenvalue weighted by molar-refractivity contribution is 0.189. The van der Waals surface area contributed by atoms with Gasteiger partial charge in [-0.2, -0.15) is 0 Å². The molecule has 0 bridgehead atoms. The van der Waals surface area contributed by atoms with Crippen LogP contribution in [0.1, 0.15) is 43.6 Å². The van der Waals surface area contributed by atoms with Gasteiger partial charge >= 0.3 is 0 Å². The summed E-state index contributed by atoms with van der Waals surface area (Å²) in [6.45, 7) is 1.02. The van der Waals surface area contributed by atoms with Crippen LogP contribution < -0.4 is 15.6 Å². The van der Waals surface area contributed by atoms with Gasteiger partial charge in [0.1, 0.15) is 11.4 Å². The van der Waals surface area contributed by atoms with Crippen molar-refractivity contribution in [2.24, 2.45) is 0 Å². The Kier molecular flexibility index (Phi) is 7.10. The van der Waals surface area contributed by atoms with Crippen molar-refractivity contribution in [3.8, 4) is 16.2 Å². The van der Waals surface area contributed by atoms with Crippen molar-refractivity contribution >= 4 is 22.9 Å². The van der Waals surface area contributed by atoms with Crippen molar-refractivity contribution in [3.05, 3.63) is 64.4 Å². The smallest absolute Gasteiger partial charge is 0.285 e. The van der Waals surface area contributed by atoms with E-state index in [0.29, 0.717) is 24.8 Å². The molecule has 0 aliphatic heterocycles. The van der Waals surface area contributed by atoms with Gasteiger partial charge in [-0.3, -0.25) is 8.75 Å². The van der Waals surface area contributed by atoms with Crippen LogP contribution in [0, 0.1) is 0 Å². The minimum Gasteiger partial charge on any atom is -0.495 e. The van der Waals surface area contributed by atoms with Crippen molar-refractivity contribution in [1.29, 1.82) is 0 Å². The number of nitrogens with zero attached hydrogens (tertiary/aromatic N) is 1. The number of anilines is 2. The first-order valence-corrected chi connectivity index (χ1v) is 11.7. The number of ether oxygens (including phenoxy) is 2. The number of nitrogens with one attached hydrogen (secondary N) is 1. The van der Waals surface area contributed by atoms with Crippen molar-refractivity contribution in [2.45, 2.75) is 44.6 Å². The molecule has 0 saturated heterocycles. The fourth-order valence-corrected chi connectivity index (χ4v) is 5.32. The summed E-state index contributed by atoms with van der Waals surface area (Å²) < 4.78 is 12.6. The summed E-state index contributed by atoms with van der Waals surface area (Å²) in [5.74, 6) is 1.32. The van der Waals surface area contributed by atoms with E-state index in [2.05, 4.69) is 17.4 Å². The molecule has 0 spiro atoms. The molecule has 0 radical (unpaired) electrons. The Balaban J connectivity index is 1.74. The monoisotopic (exact) mass is 438 g/mol. The van der Waals surface area contributed by atoms with Gasteiger partial charge in [0.25, 0.3) is 5.56 Å². The van der Waals surface area contributed by atoms with E-state index in [-0.39, 0.29) is 5.56 Å². The predicted molar refractivity (Wildman–Crippen MR) is 128 cm³/mol. The zero-order valence-corrected chi connectivity index (χ0v) is 19.0. The maximum Gasteiger partial charge on any atom is 0.285 e. The molecular weight excluding hydrogens is 408 g/mol. The quantitative estimate of drug-likeness (QED) is 0.467. The average Bonchev–Trinajstić information content (AvgIpc) is 3.14. The van der Waals surface area contributed by atoms with Gasteiger partial charge in [-0.05, 0) is 42.0 Å². The van der Waals surface area contributed by atoms with Crippen molar-refractivity contribution in [2.75, 3.05) is 26.1 Å². The van der Waals surface area contributed by atoms with Gasteiger partial charge in [0.2, 0.25) is 0 Å². The largest absolute Gasteiger partial charge is 0.495 e. The Bertz CT molecular complexity index is 1050. The van der Waals surface area contributed by atoms with Crippen molar-refractivity contribution in [1.82, 2.24) is 3.96 Å². The van der Waals surface area contributed by atoms with Gasteiger partial charge in [-0.1, -0.05) is 67.2 Å². The number of rotatable bonds is 8. The number of methoxy groups -OCH3 is 2. The molecule has 1 aromatic heterocycles. The normalized spacial score (nSPS) is 14.5. The molecule has 4 rings (SSSR count). The summed E-state index contributed by atoms with van der Waals surface area (Å²) in [6, 6.07) is 16.4. The van der Waals surface area contributed by atoms with Gasteiger partial charge in [-0.25, -0.2) is 0 Å². The Labute approximate surface area is 187 Å². The van der Waals surface area contributed by atoms with Crippen molar-refractivity contribution < 1.29 is 9.47 Å². The molecule has 0 unspecified atom stereocenters. The van der Waals surface area contributed by atoms with Crippen LogP contribution in [0.4, 0.5) is 11.4 Å². The molecule has 1 heterocycles. The molecule has 1 saturated carbocycles. The maximum absolute atomic E-state index is 13.3. The number of hydrogen-bond donors (Lipinski definition) is 1. The maximum atomic E-state index is 13.3. The van der Waals surface area contributed by atoms with E-state index in [1.54, 1.807) is 18.2 Å². The molecule has 31 heavy (non-hydrogen) atoms. The zero-order chi connectivity index (χ0) is 21.6. The SMILES string of the molecule is COCCn1sc(-c2ccccc2)c(Nc2cc(C3CCCCC3)ccc2OC)c1=O. The Morgan fingerprint density at radius 1 is 1.06 bits per heavy atom. The average molecular weight is 439 g/mol. The molecule has 1 fully saturated rings. The van der Waals surface area contributed by atoms with E-state index in [9.17, 15) is 4.79 Å². The molecule has 0 atom stereocenters. The molecule has 1 aliphatic carbocycles. The highest BCUT2D eigenvalue weighted by molar-refractivity contribution is 7.10. The number of hydrogen-bond acceptors (Lipinski definition) is 5. The first kappa shape index (κ1) is 21.7. The van der Waals surface area contributed by atoms with E-state index >= 15 is 0 Å². The van der Waals surface area contributed by atoms with E-state index < -0.39 is 0 Å². The molecule has 0 amide bonds. The van der Waals surface area contributed by atoms with E-state index in [0.717, 1.165) is 21.9 Å². The van der Waals surface area contributed by atoms with Crippen LogP contribution >= 0.6 is 11.5 Å². The molecule has 1 N–H and O–H groups in total. The third-order valence-corrected chi connectivity index (χ3v) is 7.15. The van der Waals surface area contributed by atoms with Gasteiger partial charge < -0.3 is 14.8 Å². The van der Waals surface area contributed by atoms with Gasteiger partial charge in [0.05, 0.1) is 30.8 Å². The lowest BCUT2D eigenvalue weighted by atomic mass is 9.84. The molecule has 3 aromatic rings. The summed E-state index contributed by atoms with van der Waals surface area (Å²) in [7, 11) is 3.32. The van der Waals surface area contributed by atoms with Crippen LogP contribution in [-0.2, 0) is 11.3 Å². The summed E-state index contributed by atoms with van der Waals surface area (Å²) in [6.07, 6.45) is 6.35. The van der Waals surface area contributed by atoms with Crippen molar-refractivity contribution in [3.63, 3.8) is 0 Å². The second-order valence-corrected chi connectivity index (χ2v) is 9.01. The van der Waals surface area contributed by atoms with Gasteiger partial charge in [0.15, 0.2) is 0 Å². The minimum absolute atomic E-state index is 0.0361. The van der Waals surface area contributed by atoms with E-state index in [4.69, 9.17) is 9.47 Å². The second kappa shape index (κ2) is 10.2. The van der Waals surface area contributed by atoms with Crippen LogP contribution in [-0.4, -0.2) is 24.8 Å². The minimum atomic E-state index is -0.0361. The van der Waals surface area contributed by atoms with Crippen LogP contribution in [0.2, 0.25) is 0 Å². The Morgan fingerprint density at radius 2 is 1.84 bits per heavy atom. The highest BCUT2D eigenvalue weighted by atomic mass is 32.1. The highest BCUT2D eigenvalue weighted by Gasteiger charge is 2.21. The number of aromatic nitrogens is 1. The lowest BCUT2D eigenvalue weighted by Crippen LogP contribution is -2.18. The van der Waals surface area contributed by atoms with Crippen LogP contribution in [0.5, 0.6) is 5.75 Å². The van der Waals surface area contributed by atoms with Gasteiger partial charge in [-0.15, -0.1) is 0 Å². The van der Waals surface area contributed by atoms with Gasteiger partial charge in [0, 0.05) is 7.11 Å². The molecular formula is C25H30N2O3S. The molecule has 5 nitrogen and oxygen atoms in total. The predicted octanol–water partition coefficient (Wildman–Crippen LogP) is 6.02. The second-order valence-electron chi connectivity index (χ2n) is 7.98. The molecule has 1 aliphatic rings. The summed E-state index contributed by atoms with van der Waals surface area (Å²) in [5, 5.41) is 3.45. The molecule has 2 aromatic carbocycles. The summed E-state index contributed by atoms with van der Waals surface area (Å²) in [5.41, 5.74) is 3.74. The topological polar surface area (TPSA) is 52.5 Å². The van der Waals surface area contributed by atoms with Crippen LogP contribution in [0.3, 0.4) is 0 Å². The Hall–Kier alpha value is -2.57. The first-order chi connectivity index (χ1) is 15.2. The van der Waals surface area contributed by atoms with E-state index in [1.807, 2.05) is 36.4 Å². The third-order valence-electron chi connectivity index (χ3n) is 5.96. The standard InChI is InChI=1S/C25H30N2O3S/c1-29-16-15-27-25(28)23(24(31-27)19-11-7-4-8-12-19)26-21-17-20(13-14-22(21)30-2)18-9-5-3-6-10-18/h4,7-8,11-14,17-18,26H,3,5-6,9-10,15-16H2,1-2H3.